The molecule has 2 rings (SSSR count). The van der Waals surface area contributed by atoms with Crippen LogP contribution in [0.5, 0.6) is 5.75 Å². The van der Waals surface area contributed by atoms with Crippen molar-refractivity contribution in [1.29, 1.82) is 0 Å². The van der Waals surface area contributed by atoms with Gasteiger partial charge in [-0.15, -0.1) is 0 Å². The second-order valence-electron chi connectivity index (χ2n) is 4.71. The smallest absolute Gasteiger partial charge is 0.258 e. The number of hydrogen-bond donors (Lipinski definition) is 1. The Hall–Kier alpha value is -2.49. The van der Waals surface area contributed by atoms with E-state index in [1.807, 2.05) is 67.7 Å². The van der Waals surface area contributed by atoms with Gasteiger partial charge < -0.3 is 15.0 Å². The zero-order chi connectivity index (χ0) is 14.9. The van der Waals surface area contributed by atoms with E-state index in [9.17, 15) is 4.79 Å². The van der Waals surface area contributed by atoms with Crippen LogP contribution in [0.15, 0.2) is 60.7 Å². The third-order valence-electron chi connectivity index (χ3n) is 3.08. The molecule has 4 nitrogen and oxygen atoms in total. The lowest BCUT2D eigenvalue weighted by Gasteiger charge is -2.19. The fourth-order valence-electron chi connectivity index (χ4n) is 1.89. The average Bonchev–Trinajstić information content (AvgIpc) is 2.54. The van der Waals surface area contributed by atoms with Gasteiger partial charge in [0.2, 0.25) is 0 Å². The van der Waals surface area contributed by atoms with E-state index < -0.39 is 0 Å². The molecule has 110 valence electrons. The molecule has 0 spiro atoms. The normalized spacial score (nSPS) is 9.95. The van der Waals surface area contributed by atoms with Crippen molar-refractivity contribution in [2.75, 3.05) is 31.6 Å². The largest absolute Gasteiger partial charge is 0.484 e. The van der Waals surface area contributed by atoms with Crippen molar-refractivity contribution in [1.82, 2.24) is 5.32 Å². The van der Waals surface area contributed by atoms with Gasteiger partial charge in [0.05, 0.1) is 0 Å². The molecule has 21 heavy (non-hydrogen) atoms. The van der Waals surface area contributed by atoms with Crippen LogP contribution >= 0.6 is 0 Å². The Balaban J connectivity index is 1.65. The summed E-state index contributed by atoms with van der Waals surface area (Å²) in [5.74, 6) is 0.592. The van der Waals surface area contributed by atoms with Crippen molar-refractivity contribution >= 4 is 11.6 Å². The molecule has 0 aromatic heterocycles. The summed E-state index contributed by atoms with van der Waals surface area (Å²) in [4.78, 5) is 13.8. The molecule has 0 aliphatic rings. The van der Waals surface area contributed by atoms with E-state index in [4.69, 9.17) is 4.74 Å². The molecule has 0 aliphatic carbocycles. The SMILES string of the molecule is CN(CCNC(=O)COc1ccccc1)c1ccccc1. The number of benzene rings is 2. The van der Waals surface area contributed by atoms with E-state index in [0.717, 1.165) is 12.2 Å². The van der Waals surface area contributed by atoms with E-state index in [1.165, 1.54) is 0 Å². The van der Waals surface area contributed by atoms with Gasteiger partial charge in [-0.2, -0.15) is 0 Å². The van der Waals surface area contributed by atoms with Gasteiger partial charge in [-0.1, -0.05) is 36.4 Å². The molecular weight excluding hydrogens is 264 g/mol. The van der Waals surface area contributed by atoms with Crippen molar-refractivity contribution < 1.29 is 9.53 Å². The molecule has 0 saturated carbocycles. The molecule has 0 atom stereocenters. The molecule has 1 amide bonds. The third kappa shape index (κ3) is 5.18. The number of carbonyl (C=O) groups excluding carboxylic acids is 1. The summed E-state index contributed by atoms with van der Waals surface area (Å²) < 4.78 is 5.38. The predicted octanol–water partition coefficient (Wildman–Crippen LogP) is 2.32. The molecule has 0 radical (unpaired) electrons. The topological polar surface area (TPSA) is 41.6 Å². The molecule has 0 unspecified atom stereocenters. The Bertz CT molecular complexity index is 543. The van der Waals surface area contributed by atoms with E-state index in [1.54, 1.807) is 0 Å². The summed E-state index contributed by atoms with van der Waals surface area (Å²) >= 11 is 0. The molecule has 0 fully saturated rings. The quantitative estimate of drug-likeness (QED) is 0.848. The number of nitrogens with one attached hydrogen (secondary N) is 1. The first kappa shape index (κ1) is 14.9. The van der Waals surface area contributed by atoms with Gasteiger partial charge in [0.15, 0.2) is 6.61 Å². The summed E-state index contributed by atoms with van der Waals surface area (Å²) in [6.07, 6.45) is 0. The average molecular weight is 284 g/mol. The van der Waals surface area contributed by atoms with Crippen molar-refractivity contribution in [3.05, 3.63) is 60.7 Å². The number of likely N-dealkylation sites (N-methyl/N-ethyl adjacent to an activating group) is 1. The predicted molar refractivity (Wildman–Crippen MR) is 84.7 cm³/mol. The highest BCUT2D eigenvalue weighted by Gasteiger charge is 2.03. The second-order valence-corrected chi connectivity index (χ2v) is 4.71. The van der Waals surface area contributed by atoms with Crippen LogP contribution in [0.2, 0.25) is 0 Å². The maximum Gasteiger partial charge on any atom is 0.258 e. The first-order valence-electron chi connectivity index (χ1n) is 6.96. The fraction of sp³-hybridized carbons (Fsp3) is 0.235. The van der Waals surface area contributed by atoms with Gasteiger partial charge >= 0.3 is 0 Å². The number of anilines is 1. The Kier molecular flexibility index (Phi) is 5.64. The summed E-state index contributed by atoms with van der Waals surface area (Å²) in [6.45, 7) is 1.38. The van der Waals surface area contributed by atoms with Crippen molar-refractivity contribution in [3.63, 3.8) is 0 Å². The summed E-state index contributed by atoms with van der Waals surface area (Å²) in [6, 6.07) is 19.4. The van der Waals surface area contributed by atoms with Crippen LogP contribution in [0.1, 0.15) is 0 Å². The molecule has 1 N–H and O–H groups in total. The number of para-hydroxylation sites is 2. The maximum absolute atomic E-state index is 11.7. The lowest BCUT2D eigenvalue weighted by Crippen LogP contribution is -2.35. The van der Waals surface area contributed by atoms with E-state index in [-0.39, 0.29) is 12.5 Å². The molecule has 2 aromatic carbocycles. The van der Waals surface area contributed by atoms with Crippen LogP contribution in [-0.2, 0) is 4.79 Å². The van der Waals surface area contributed by atoms with E-state index in [2.05, 4.69) is 10.2 Å². The van der Waals surface area contributed by atoms with Gasteiger partial charge in [-0.3, -0.25) is 4.79 Å². The number of nitrogens with zero attached hydrogens (tertiary/aromatic N) is 1. The number of carbonyl (C=O) groups is 1. The molecule has 0 bridgehead atoms. The molecule has 2 aromatic rings. The molecule has 0 heterocycles. The molecule has 0 aliphatic heterocycles. The second kappa shape index (κ2) is 7.94. The van der Waals surface area contributed by atoms with Gasteiger partial charge in [-0.25, -0.2) is 0 Å². The summed E-state index contributed by atoms with van der Waals surface area (Å²) in [7, 11) is 2.00. The van der Waals surface area contributed by atoms with Crippen molar-refractivity contribution in [3.8, 4) is 5.75 Å². The Morgan fingerprint density at radius 2 is 1.67 bits per heavy atom. The Morgan fingerprint density at radius 3 is 2.33 bits per heavy atom. The minimum Gasteiger partial charge on any atom is -0.484 e. The minimum absolute atomic E-state index is 0.0407. The van der Waals surface area contributed by atoms with Crippen LogP contribution in [0.3, 0.4) is 0 Å². The zero-order valence-corrected chi connectivity index (χ0v) is 12.2. The summed E-state index contributed by atoms with van der Waals surface area (Å²) in [5.41, 5.74) is 1.13. The van der Waals surface area contributed by atoms with Crippen molar-refractivity contribution in [2.24, 2.45) is 0 Å². The molecular formula is C17H20N2O2. The third-order valence-corrected chi connectivity index (χ3v) is 3.08. The van der Waals surface area contributed by atoms with Gasteiger partial charge in [0.25, 0.3) is 5.91 Å². The van der Waals surface area contributed by atoms with Crippen molar-refractivity contribution in [2.45, 2.75) is 0 Å². The van der Waals surface area contributed by atoms with Gasteiger partial charge in [0.1, 0.15) is 5.75 Å². The minimum atomic E-state index is -0.111. The maximum atomic E-state index is 11.7. The fourth-order valence-corrected chi connectivity index (χ4v) is 1.89. The number of hydrogen-bond acceptors (Lipinski definition) is 3. The Morgan fingerprint density at radius 1 is 1.05 bits per heavy atom. The highest BCUT2D eigenvalue weighted by Crippen LogP contribution is 2.10. The lowest BCUT2D eigenvalue weighted by atomic mass is 10.3. The standard InChI is InChI=1S/C17H20N2O2/c1-19(15-8-4-2-5-9-15)13-12-18-17(20)14-21-16-10-6-3-7-11-16/h2-11H,12-14H2,1H3,(H,18,20). The zero-order valence-electron chi connectivity index (χ0n) is 12.2. The first-order chi connectivity index (χ1) is 10.3. The highest BCUT2D eigenvalue weighted by molar-refractivity contribution is 5.77. The number of ether oxygens (including phenoxy) is 1. The van der Waals surface area contributed by atoms with E-state index in [0.29, 0.717) is 12.3 Å². The molecule has 0 saturated heterocycles. The van der Waals surface area contributed by atoms with Gasteiger partial charge in [0, 0.05) is 25.8 Å². The van der Waals surface area contributed by atoms with Crippen LogP contribution in [0, 0.1) is 0 Å². The van der Waals surface area contributed by atoms with Crippen LogP contribution in [-0.4, -0.2) is 32.7 Å². The van der Waals surface area contributed by atoms with Crippen LogP contribution < -0.4 is 15.0 Å². The molecule has 4 heteroatoms. The van der Waals surface area contributed by atoms with Gasteiger partial charge in [-0.05, 0) is 24.3 Å². The lowest BCUT2D eigenvalue weighted by molar-refractivity contribution is -0.123. The summed E-state index contributed by atoms with van der Waals surface area (Å²) in [5, 5.41) is 2.85. The number of amides is 1. The number of rotatable bonds is 7. The van der Waals surface area contributed by atoms with E-state index >= 15 is 0 Å². The van der Waals surface area contributed by atoms with Crippen LogP contribution in [0.25, 0.3) is 0 Å². The monoisotopic (exact) mass is 284 g/mol. The van der Waals surface area contributed by atoms with Crippen LogP contribution in [0.4, 0.5) is 5.69 Å². The Labute approximate surface area is 125 Å². The highest BCUT2D eigenvalue weighted by atomic mass is 16.5. The first-order valence-corrected chi connectivity index (χ1v) is 6.96.